The highest BCUT2D eigenvalue weighted by Gasteiger charge is 2.25. The second-order valence-corrected chi connectivity index (χ2v) is 5.87. The monoisotopic (exact) mass is 285 g/mol. The average Bonchev–Trinajstić information content (AvgIpc) is 2.75. The van der Waals surface area contributed by atoms with E-state index < -0.39 is 0 Å². The second-order valence-electron chi connectivity index (χ2n) is 4.92. The molecule has 0 unspecified atom stereocenters. The molecule has 2 aliphatic heterocycles. The molecule has 0 bridgehead atoms. The van der Waals surface area contributed by atoms with E-state index in [1.807, 2.05) is 0 Å². The van der Waals surface area contributed by atoms with Gasteiger partial charge < -0.3 is 15.1 Å². The van der Waals surface area contributed by atoms with Gasteiger partial charge in [0.25, 0.3) is 0 Å². The summed E-state index contributed by atoms with van der Waals surface area (Å²) in [7, 11) is 0. The fourth-order valence-electron chi connectivity index (χ4n) is 2.33. The molecular formula is C12H19N3O3S. The maximum Gasteiger partial charge on any atom is 0.239 e. The fourth-order valence-corrected chi connectivity index (χ4v) is 3.23. The van der Waals surface area contributed by atoms with Gasteiger partial charge in [0.05, 0.1) is 11.6 Å². The van der Waals surface area contributed by atoms with Crippen LogP contribution in [0.1, 0.15) is 19.8 Å². The van der Waals surface area contributed by atoms with Crippen molar-refractivity contribution in [3.8, 4) is 0 Å². The summed E-state index contributed by atoms with van der Waals surface area (Å²) in [5, 5.41) is 2.95. The number of carbonyl (C=O) groups excluding carboxylic acids is 3. The van der Waals surface area contributed by atoms with Crippen LogP contribution in [0.3, 0.4) is 0 Å². The minimum atomic E-state index is -0.0999. The average molecular weight is 285 g/mol. The standard InChI is InChI=1S/C12H19N3O3S/c1-9(16)14-4-2-10(3-5-14)13-11(17)6-15-8-19-7-12(15)18/h10H,2-8H2,1H3,(H,13,17). The Morgan fingerprint density at radius 1 is 1.37 bits per heavy atom. The summed E-state index contributed by atoms with van der Waals surface area (Å²) in [4.78, 5) is 37.8. The Kier molecular flexibility index (Phi) is 4.68. The number of rotatable bonds is 3. The lowest BCUT2D eigenvalue weighted by molar-refractivity contribution is -0.133. The zero-order chi connectivity index (χ0) is 13.8. The van der Waals surface area contributed by atoms with Crippen molar-refractivity contribution in [1.82, 2.24) is 15.1 Å². The summed E-state index contributed by atoms with van der Waals surface area (Å²) in [5.74, 6) is 1.10. The van der Waals surface area contributed by atoms with Gasteiger partial charge in [-0.05, 0) is 12.8 Å². The number of hydrogen-bond acceptors (Lipinski definition) is 4. The molecule has 0 aromatic rings. The highest BCUT2D eigenvalue weighted by molar-refractivity contribution is 8.00. The van der Waals surface area contributed by atoms with E-state index in [1.54, 1.807) is 16.7 Å². The number of likely N-dealkylation sites (tertiary alicyclic amines) is 1. The molecule has 7 heteroatoms. The predicted octanol–water partition coefficient (Wildman–Crippen LogP) is -0.354. The molecule has 19 heavy (non-hydrogen) atoms. The lowest BCUT2D eigenvalue weighted by Crippen LogP contribution is -2.48. The number of nitrogens with zero attached hydrogens (tertiary/aromatic N) is 2. The molecule has 2 heterocycles. The van der Waals surface area contributed by atoms with E-state index in [0.29, 0.717) is 24.7 Å². The zero-order valence-electron chi connectivity index (χ0n) is 11.1. The normalized spacial score (nSPS) is 20.8. The lowest BCUT2D eigenvalue weighted by atomic mass is 10.1. The molecule has 2 fully saturated rings. The van der Waals surface area contributed by atoms with E-state index in [2.05, 4.69) is 5.32 Å². The number of amides is 3. The van der Waals surface area contributed by atoms with Gasteiger partial charge in [-0.2, -0.15) is 0 Å². The van der Waals surface area contributed by atoms with Gasteiger partial charge in [0.1, 0.15) is 6.54 Å². The second kappa shape index (κ2) is 6.27. The van der Waals surface area contributed by atoms with Crippen molar-refractivity contribution in [2.75, 3.05) is 31.3 Å². The summed E-state index contributed by atoms with van der Waals surface area (Å²) < 4.78 is 0. The third kappa shape index (κ3) is 3.86. The Morgan fingerprint density at radius 3 is 2.58 bits per heavy atom. The SMILES string of the molecule is CC(=O)N1CCC(NC(=O)CN2CSCC2=O)CC1. The summed E-state index contributed by atoms with van der Waals surface area (Å²) in [6.07, 6.45) is 1.57. The van der Waals surface area contributed by atoms with Crippen LogP contribution in [0, 0.1) is 0 Å². The van der Waals surface area contributed by atoms with Gasteiger partial charge >= 0.3 is 0 Å². The van der Waals surface area contributed by atoms with Gasteiger partial charge in [0.2, 0.25) is 17.7 Å². The van der Waals surface area contributed by atoms with Crippen LogP contribution in [0.4, 0.5) is 0 Å². The van der Waals surface area contributed by atoms with Crippen LogP contribution in [0.5, 0.6) is 0 Å². The van der Waals surface area contributed by atoms with Gasteiger partial charge in [0, 0.05) is 26.1 Å². The Labute approximate surface area is 116 Å². The lowest BCUT2D eigenvalue weighted by Gasteiger charge is -2.32. The predicted molar refractivity (Wildman–Crippen MR) is 72.5 cm³/mol. The third-order valence-corrected chi connectivity index (χ3v) is 4.41. The van der Waals surface area contributed by atoms with Crippen LogP contribution >= 0.6 is 11.8 Å². The maximum atomic E-state index is 11.8. The first-order valence-electron chi connectivity index (χ1n) is 6.46. The highest BCUT2D eigenvalue weighted by atomic mass is 32.2. The first kappa shape index (κ1) is 14.2. The van der Waals surface area contributed by atoms with Crippen molar-refractivity contribution < 1.29 is 14.4 Å². The molecule has 0 saturated carbocycles. The van der Waals surface area contributed by atoms with Crippen molar-refractivity contribution >= 4 is 29.5 Å². The molecule has 2 rings (SSSR count). The minimum Gasteiger partial charge on any atom is -0.352 e. The largest absolute Gasteiger partial charge is 0.352 e. The summed E-state index contributed by atoms with van der Waals surface area (Å²) in [5.41, 5.74) is 0. The Bertz CT molecular complexity index is 380. The molecule has 0 aromatic carbocycles. The summed E-state index contributed by atoms with van der Waals surface area (Å²) in [6, 6.07) is 0.119. The smallest absolute Gasteiger partial charge is 0.239 e. The van der Waals surface area contributed by atoms with E-state index in [-0.39, 0.29) is 30.3 Å². The van der Waals surface area contributed by atoms with E-state index in [9.17, 15) is 14.4 Å². The van der Waals surface area contributed by atoms with Gasteiger partial charge in [0.15, 0.2) is 0 Å². The molecule has 0 radical (unpaired) electrons. The van der Waals surface area contributed by atoms with E-state index in [4.69, 9.17) is 0 Å². The molecule has 0 spiro atoms. The highest BCUT2D eigenvalue weighted by Crippen LogP contribution is 2.14. The van der Waals surface area contributed by atoms with E-state index >= 15 is 0 Å². The quantitative estimate of drug-likeness (QED) is 0.769. The van der Waals surface area contributed by atoms with E-state index in [0.717, 1.165) is 12.8 Å². The molecule has 1 N–H and O–H groups in total. The number of hydrogen-bond donors (Lipinski definition) is 1. The van der Waals surface area contributed by atoms with Gasteiger partial charge in [-0.3, -0.25) is 14.4 Å². The van der Waals surface area contributed by atoms with E-state index in [1.165, 1.54) is 11.8 Å². The molecule has 0 aliphatic carbocycles. The number of nitrogens with one attached hydrogen (secondary N) is 1. The fraction of sp³-hybridized carbons (Fsp3) is 0.750. The molecule has 3 amide bonds. The topological polar surface area (TPSA) is 69.7 Å². The van der Waals surface area contributed by atoms with Crippen molar-refractivity contribution in [3.05, 3.63) is 0 Å². The molecule has 6 nitrogen and oxygen atoms in total. The molecule has 2 aliphatic rings. The van der Waals surface area contributed by atoms with Crippen LogP contribution in [0.15, 0.2) is 0 Å². The van der Waals surface area contributed by atoms with Gasteiger partial charge in [-0.1, -0.05) is 0 Å². The molecule has 0 atom stereocenters. The third-order valence-electron chi connectivity index (χ3n) is 3.47. The van der Waals surface area contributed by atoms with Gasteiger partial charge in [-0.25, -0.2) is 0 Å². The Hall–Kier alpha value is -1.24. The Balaban J connectivity index is 1.71. The minimum absolute atomic E-state index is 0.0338. The number of carbonyl (C=O) groups is 3. The van der Waals surface area contributed by atoms with Crippen molar-refractivity contribution in [3.63, 3.8) is 0 Å². The molecule has 106 valence electrons. The van der Waals surface area contributed by atoms with Crippen LogP contribution in [-0.2, 0) is 14.4 Å². The van der Waals surface area contributed by atoms with Crippen molar-refractivity contribution in [1.29, 1.82) is 0 Å². The van der Waals surface area contributed by atoms with Crippen LogP contribution < -0.4 is 5.32 Å². The first-order valence-corrected chi connectivity index (χ1v) is 7.62. The van der Waals surface area contributed by atoms with Crippen molar-refractivity contribution in [2.24, 2.45) is 0 Å². The molecule has 2 saturated heterocycles. The van der Waals surface area contributed by atoms with Crippen molar-refractivity contribution in [2.45, 2.75) is 25.8 Å². The number of thioether (sulfide) groups is 1. The maximum absolute atomic E-state index is 11.8. The van der Waals surface area contributed by atoms with Crippen LogP contribution in [-0.4, -0.2) is 64.8 Å². The van der Waals surface area contributed by atoms with Crippen LogP contribution in [0.2, 0.25) is 0 Å². The summed E-state index contributed by atoms with van der Waals surface area (Å²) >= 11 is 1.53. The van der Waals surface area contributed by atoms with Gasteiger partial charge in [-0.15, -0.1) is 11.8 Å². The molecule has 0 aromatic heterocycles. The summed E-state index contributed by atoms with van der Waals surface area (Å²) in [6.45, 7) is 3.10. The van der Waals surface area contributed by atoms with Crippen LogP contribution in [0.25, 0.3) is 0 Å². The molecular weight excluding hydrogens is 266 g/mol. The zero-order valence-corrected chi connectivity index (χ0v) is 11.9. The number of piperidine rings is 1. The Morgan fingerprint density at radius 2 is 2.05 bits per heavy atom. The first-order chi connectivity index (χ1) is 9.06.